The number of nitrogens with zero attached hydrogens (tertiary/aromatic N) is 5. The average Bonchev–Trinajstić information content (AvgIpc) is 3.37. The molecule has 1 saturated carbocycles. The highest BCUT2D eigenvalue weighted by Crippen LogP contribution is 2.40. The van der Waals surface area contributed by atoms with Crippen molar-refractivity contribution in [3.8, 4) is 5.75 Å². The van der Waals surface area contributed by atoms with Crippen LogP contribution in [0.15, 0.2) is 35.6 Å². The topological polar surface area (TPSA) is 63.0 Å². The first kappa shape index (κ1) is 16.4. The Morgan fingerprint density at radius 2 is 2.04 bits per heavy atom. The molecule has 2 atom stereocenters. The van der Waals surface area contributed by atoms with Gasteiger partial charge < -0.3 is 9.30 Å². The van der Waals surface area contributed by atoms with E-state index in [1.807, 2.05) is 35.8 Å². The number of methoxy groups -OCH3 is 1. The van der Waals surface area contributed by atoms with Crippen molar-refractivity contribution in [2.45, 2.75) is 44.8 Å². The van der Waals surface area contributed by atoms with Crippen LogP contribution >= 0.6 is 0 Å². The van der Waals surface area contributed by atoms with Crippen molar-refractivity contribution in [1.82, 2.24) is 14.5 Å². The van der Waals surface area contributed by atoms with Crippen LogP contribution in [0, 0.1) is 0 Å². The van der Waals surface area contributed by atoms with E-state index in [9.17, 15) is 4.79 Å². The lowest BCUT2D eigenvalue weighted by Crippen LogP contribution is -2.53. The van der Waals surface area contributed by atoms with Gasteiger partial charge in [-0.3, -0.25) is 14.6 Å². The van der Waals surface area contributed by atoms with Gasteiger partial charge in [0, 0.05) is 13.1 Å². The second-order valence-corrected chi connectivity index (χ2v) is 7.31. The van der Waals surface area contributed by atoms with Crippen LogP contribution in [-0.4, -0.2) is 52.1 Å². The number of amides is 1. The molecule has 0 saturated heterocycles. The summed E-state index contributed by atoms with van der Waals surface area (Å²) in [6.07, 6.45) is 5.17. The third-order valence-electron chi connectivity index (χ3n) is 5.84. The van der Waals surface area contributed by atoms with Gasteiger partial charge in [-0.2, -0.15) is 0 Å². The minimum absolute atomic E-state index is 0.00603. The van der Waals surface area contributed by atoms with Crippen molar-refractivity contribution in [1.29, 1.82) is 0 Å². The van der Waals surface area contributed by atoms with E-state index in [1.54, 1.807) is 18.3 Å². The monoisotopic (exact) mass is 365 g/mol. The Labute approximate surface area is 158 Å². The normalized spacial score (nSPS) is 23.2. The third-order valence-corrected chi connectivity index (χ3v) is 5.84. The number of rotatable bonds is 4. The van der Waals surface area contributed by atoms with Gasteiger partial charge in [0.2, 0.25) is 5.96 Å². The first-order chi connectivity index (χ1) is 13.2. The fraction of sp³-hybridized carbons (Fsp3) is 0.450. The van der Waals surface area contributed by atoms with Gasteiger partial charge in [0.05, 0.1) is 25.5 Å². The van der Waals surface area contributed by atoms with Gasteiger partial charge in [0.15, 0.2) is 11.5 Å². The van der Waals surface area contributed by atoms with Crippen LogP contribution in [0.4, 0.5) is 5.82 Å². The first-order valence-corrected chi connectivity index (χ1v) is 9.58. The molecule has 1 fully saturated rings. The molecule has 1 amide bonds. The summed E-state index contributed by atoms with van der Waals surface area (Å²) in [5, 5.41) is 0. The molecule has 1 aromatic carbocycles. The molecule has 5 rings (SSSR count). The van der Waals surface area contributed by atoms with Gasteiger partial charge in [-0.25, -0.2) is 9.98 Å². The molecular formula is C20H23N5O2. The molecule has 3 heterocycles. The Kier molecular flexibility index (Phi) is 3.70. The Bertz CT molecular complexity index is 917. The molecule has 0 radical (unpaired) electrons. The van der Waals surface area contributed by atoms with Gasteiger partial charge in [0.25, 0.3) is 5.91 Å². The van der Waals surface area contributed by atoms with Gasteiger partial charge in [0.1, 0.15) is 5.75 Å². The first-order valence-electron chi connectivity index (χ1n) is 9.58. The van der Waals surface area contributed by atoms with Crippen LogP contribution in [0.3, 0.4) is 0 Å². The fourth-order valence-electron chi connectivity index (χ4n) is 4.50. The molecule has 0 N–H and O–H groups in total. The molecule has 2 aromatic rings. The average molecular weight is 365 g/mol. The highest BCUT2D eigenvalue weighted by Gasteiger charge is 2.49. The number of guanidine groups is 1. The molecule has 1 aliphatic carbocycles. The van der Waals surface area contributed by atoms with Crippen molar-refractivity contribution in [3.05, 3.63) is 41.9 Å². The fourth-order valence-corrected chi connectivity index (χ4v) is 4.50. The second-order valence-electron chi connectivity index (χ2n) is 7.31. The predicted octanol–water partition coefficient (Wildman–Crippen LogP) is 2.51. The molecule has 2 aliphatic heterocycles. The van der Waals surface area contributed by atoms with E-state index in [4.69, 9.17) is 9.73 Å². The lowest BCUT2D eigenvalue weighted by atomic mass is 10.1. The summed E-state index contributed by atoms with van der Waals surface area (Å²) in [6, 6.07) is 8.54. The zero-order valence-corrected chi connectivity index (χ0v) is 15.6. The Hall–Kier alpha value is -2.83. The smallest absolute Gasteiger partial charge is 0.281 e. The summed E-state index contributed by atoms with van der Waals surface area (Å²) >= 11 is 0. The van der Waals surface area contributed by atoms with E-state index in [2.05, 4.69) is 9.88 Å². The summed E-state index contributed by atoms with van der Waals surface area (Å²) in [5.41, 5.74) is 1.77. The van der Waals surface area contributed by atoms with E-state index in [0.29, 0.717) is 30.9 Å². The molecule has 0 bridgehead atoms. The minimum Gasteiger partial charge on any atom is -0.497 e. The maximum atomic E-state index is 13.2. The Morgan fingerprint density at radius 3 is 2.78 bits per heavy atom. The van der Waals surface area contributed by atoms with E-state index in [-0.39, 0.29) is 5.91 Å². The molecule has 140 valence electrons. The zero-order chi connectivity index (χ0) is 18.5. The molecule has 7 heteroatoms. The SMILES string of the molecule is CCN1C(=O)c2c(ncn2Cc2ccc(OC)cc2)N2C1=N[C@@H]1CCC[C@@H]12. The van der Waals surface area contributed by atoms with Crippen molar-refractivity contribution < 1.29 is 9.53 Å². The molecule has 27 heavy (non-hydrogen) atoms. The van der Waals surface area contributed by atoms with E-state index >= 15 is 0 Å². The second kappa shape index (κ2) is 6.11. The number of imidazole rings is 1. The van der Waals surface area contributed by atoms with Gasteiger partial charge in [-0.1, -0.05) is 12.1 Å². The lowest BCUT2D eigenvalue weighted by molar-refractivity contribution is 0.0836. The maximum absolute atomic E-state index is 13.2. The van der Waals surface area contributed by atoms with Crippen molar-refractivity contribution in [2.75, 3.05) is 18.6 Å². The summed E-state index contributed by atoms with van der Waals surface area (Å²) in [6.45, 7) is 3.21. The van der Waals surface area contributed by atoms with Crippen molar-refractivity contribution in [2.24, 2.45) is 4.99 Å². The van der Waals surface area contributed by atoms with Crippen LogP contribution in [0.25, 0.3) is 0 Å². The van der Waals surface area contributed by atoms with Crippen LogP contribution in [0.2, 0.25) is 0 Å². The van der Waals surface area contributed by atoms with Crippen LogP contribution in [-0.2, 0) is 6.54 Å². The number of aromatic nitrogens is 2. The van der Waals surface area contributed by atoms with Crippen LogP contribution < -0.4 is 9.64 Å². The summed E-state index contributed by atoms with van der Waals surface area (Å²) in [7, 11) is 1.66. The van der Waals surface area contributed by atoms with Crippen molar-refractivity contribution in [3.63, 3.8) is 0 Å². The number of carbonyl (C=O) groups excluding carboxylic acids is 1. The van der Waals surface area contributed by atoms with Crippen molar-refractivity contribution >= 4 is 17.7 Å². The van der Waals surface area contributed by atoms with Gasteiger partial charge in [-0.05, 0) is 43.9 Å². The number of anilines is 1. The lowest BCUT2D eigenvalue weighted by Gasteiger charge is -2.35. The predicted molar refractivity (Wildman–Crippen MR) is 102 cm³/mol. The molecule has 7 nitrogen and oxygen atoms in total. The number of hydrogen-bond donors (Lipinski definition) is 0. The number of aliphatic imine (C=N–C) groups is 1. The highest BCUT2D eigenvalue weighted by molar-refractivity contribution is 6.18. The van der Waals surface area contributed by atoms with Gasteiger partial charge >= 0.3 is 0 Å². The quantitative estimate of drug-likeness (QED) is 0.835. The molecule has 0 unspecified atom stereocenters. The van der Waals surface area contributed by atoms with Crippen LogP contribution in [0.1, 0.15) is 42.2 Å². The summed E-state index contributed by atoms with van der Waals surface area (Å²) < 4.78 is 7.19. The van der Waals surface area contributed by atoms with E-state index in [1.165, 1.54) is 6.42 Å². The van der Waals surface area contributed by atoms with E-state index < -0.39 is 0 Å². The van der Waals surface area contributed by atoms with Gasteiger partial charge in [-0.15, -0.1) is 0 Å². The third kappa shape index (κ3) is 2.37. The number of fused-ring (bicyclic) bond motifs is 5. The molecule has 3 aliphatic rings. The summed E-state index contributed by atoms with van der Waals surface area (Å²) in [4.78, 5) is 26.7. The number of carbonyl (C=O) groups is 1. The number of ether oxygens (including phenoxy) is 1. The molecule has 0 spiro atoms. The molecular weight excluding hydrogens is 342 g/mol. The number of benzene rings is 1. The van der Waals surface area contributed by atoms with E-state index in [0.717, 1.165) is 35.9 Å². The molecule has 1 aromatic heterocycles. The Morgan fingerprint density at radius 1 is 1.22 bits per heavy atom. The standard InChI is InChI=1S/C20H23N5O2/c1-3-24-19(26)17-18(25-16-6-4-5-15(16)22-20(24)25)21-12-23(17)11-13-7-9-14(27-2)10-8-13/h7-10,12,15-16H,3-6,11H2,1-2H3/t15-,16+/m1/s1. The zero-order valence-electron chi connectivity index (χ0n) is 15.6. The largest absolute Gasteiger partial charge is 0.497 e. The van der Waals surface area contributed by atoms with Crippen LogP contribution in [0.5, 0.6) is 5.75 Å². The minimum atomic E-state index is -0.00603. The summed E-state index contributed by atoms with van der Waals surface area (Å²) in [5.74, 6) is 2.38. The Balaban J connectivity index is 1.54. The number of hydrogen-bond acceptors (Lipinski definition) is 5. The maximum Gasteiger partial charge on any atom is 0.281 e. The highest BCUT2D eigenvalue weighted by atomic mass is 16.5.